The average molecular weight is 488 g/mol. The predicted molar refractivity (Wildman–Crippen MR) is 124 cm³/mol. The van der Waals surface area contributed by atoms with Crippen molar-refractivity contribution in [1.29, 1.82) is 0 Å². The molecule has 1 aliphatic rings. The van der Waals surface area contributed by atoms with E-state index in [0.29, 0.717) is 23.1 Å². The fourth-order valence-electron chi connectivity index (χ4n) is 4.19. The fourth-order valence-corrected chi connectivity index (χ4v) is 5.26. The first kappa shape index (κ1) is 24.0. The Morgan fingerprint density at radius 3 is 2.15 bits per heavy atom. The number of halogens is 3. The van der Waals surface area contributed by atoms with Gasteiger partial charge in [-0.3, -0.25) is 4.79 Å². The zero-order chi connectivity index (χ0) is 24.7. The molecule has 3 aromatic rings. The Balaban J connectivity index is 1.56. The van der Waals surface area contributed by atoms with Crippen LogP contribution in [0.5, 0.6) is 0 Å². The highest BCUT2D eigenvalue weighted by molar-refractivity contribution is 7.12. The summed E-state index contributed by atoms with van der Waals surface area (Å²) in [6.07, 6.45) is -2.44. The number of carbonyl (C=O) groups is 2. The Morgan fingerprint density at radius 1 is 1.00 bits per heavy atom. The minimum Gasteiger partial charge on any atom is -0.465 e. The molecule has 1 N–H and O–H groups in total. The Labute approximate surface area is 199 Å². The van der Waals surface area contributed by atoms with E-state index in [1.165, 1.54) is 30.6 Å². The van der Waals surface area contributed by atoms with Gasteiger partial charge in [0, 0.05) is 9.75 Å². The lowest BCUT2D eigenvalue weighted by Crippen LogP contribution is -2.35. The van der Waals surface area contributed by atoms with Gasteiger partial charge in [-0.15, -0.1) is 11.3 Å². The van der Waals surface area contributed by atoms with E-state index in [-0.39, 0.29) is 5.91 Å². The van der Waals surface area contributed by atoms with Crippen LogP contribution in [0.1, 0.15) is 65.6 Å². The number of hydrogen-bond donors (Lipinski definition) is 1. The zero-order valence-electron chi connectivity index (χ0n) is 19.0. The summed E-state index contributed by atoms with van der Waals surface area (Å²) < 4.78 is 43.4. The van der Waals surface area contributed by atoms with Crippen molar-refractivity contribution in [3.63, 3.8) is 0 Å². The van der Waals surface area contributed by atoms with Crippen molar-refractivity contribution in [1.82, 2.24) is 5.32 Å². The summed E-state index contributed by atoms with van der Waals surface area (Å²) in [5, 5.41) is 3.17. The van der Waals surface area contributed by atoms with Gasteiger partial charge in [0.2, 0.25) is 0 Å². The van der Waals surface area contributed by atoms with Gasteiger partial charge >= 0.3 is 12.1 Å². The number of alkyl halides is 3. The number of ether oxygens (including phenoxy) is 1. The van der Waals surface area contributed by atoms with E-state index in [9.17, 15) is 22.8 Å². The molecule has 0 radical (unpaired) electrons. The molecule has 1 fully saturated rings. The van der Waals surface area contributed by atoms with E-state index < -0.39 is 23.2 Å². The quantitative estimate of drug-likeness (QED) is 0.423. The topological polar surface area (TPSA) is 55.4 Å². The Hall–Kier alpha value is -3.13. The average Bonchev–Trinajstić information content (AvgIpc) is 3.52. The molecule has 0 aliphatic heterocycles. The van der Waals surface area contributed by atoms with Crippen molar-refractivity contribution < 1.29 is 27.5 Å². The van der Waals surface area contributed by atoms with Crippen molar-refractivity contribution >= 4 is 23.2 Å². The smallest absolute Gasteiger partial charge is 0.416 e. The highest BCUT2D eigenvalue weighted by Gasteiger charge is 2.46. The number of amides is 1. The second kappa shape index (κ2) is 8.91. The third-order valence-electron chi connectivity index (χ3n) is 6.24. The van der Waals surface area contributed by atoms with Crippen LogP contribution in [0.15, 0.2) is 48.5 Å². The van der Waals surface area contributed by atoms with Crippen LogP contribution in [-0.2, 0) is 22.9 Å². The van der Waals surface area contributed by atoms with Gasteiger partial charge in [0.05, 0.1) is 29.3 Å². The van der Waals surface area contributed by atoms with Gasteiger partial charge < -0.3 is 10.1 Å². The molecule has 1 aliphatic carbocycles. The number of carbonyl (C=O) groups excluding carboxylic acids is 2. The number of nitrogens with one attached hydrogen (secondary N) is 1. The van der Waals surface area contributed by atoms with Crippen LogP contribution in [0.25, 0.3) is 0 Å². The molecule has 4 rings (SSSR count). The molecule has 8 heteroatoms. The second-order valence-electron chi connectivity index (χ2n) is 8.54. The van der Waals surface area contributed by atoms with Crippen LogP contribution in [0.4, 0.5) is 13.2 Å². The van der Waals surface area contributed by atoms with Gasteiger partial charge in [0.1, 0.15) is 0 Å². The molecule has 178 valence electrons. The van der Waals surface area contributed by atoms with E-state index in [1.807, 2.05) is 26.0 Å². The Kier molecular flexibility index (Phi) is 6.29. The molecule has 0 atom stereocenters. The summed E-state index contributed by atoms with van der Waals surface area (Å²) >= 11 is 1.51. The standard InChI is InChI=1S/C26H24F3NO3S/c1-15-21(14-17-4-8-20(9-5-17)26(27,28)29)22(16(2)34-15)23(31)30-25(12-13-25)19-10-6-18(7-11-19)24(32)33-3/h4-11H,12-14H2,1-3H3,(H,30,31). The van der Waals surface area contributed by atoms with Crippen molar-refractivity contribution in [3.8, 4) is 0 Å². The SMILES string of the molecule is COC(=O)c1ccc(C2(NC(=O)c3c(C)sc(C)c3Cc3ccc(C(F)(F)F)cc3)CC2)cc1. The minimum absolute atomic E-state index is 0.196. The highest BCUT2D eigenvalue weighted by Crippen LogP contribution is 2.46. The molecule has 1 saturated carbocycles. The van der Waals surface area contributed by atoms with Gasteiger partial charge in [-0.25, -0.2) is 4.79 Å². The highest BCUT2D eigenvalue weighted by atomic mass is 32.1. The van der Waals surface area contributed by atoms with Crippen LogP contribution in [0, 0.1) is 13.8 Å². The van der Waals surface area contributed by atoms with E-state index in [1.54, 1.807) is 12.1 Å². The molecule has 1 aromatic heterocycles. The molecule has 0 spiro atoms. The molecular weight excluding hydrogens is 463 g/mol. The molecule has 2 aromatic carbocycles. The molecule has 4 nitrogen and oxygen atoms in total. The molecule has 0 saturated heterocycles. The molecule has 34 heavy (non-hydrogen) atoms. The first-order chi connectivity index (χ1) is 16.0. The first-order valence-corrected chi connectivity index (χ1v) is 11.6. The lowest BCUT2D eigenvalue weighted by atomic mass is 9.97. The van der Waals surface area contributed by atoms with E-state index in [0.717, 1.165) is 45.9 Å². The van der Waals surface area contributed by atoms with Gasteiger partial charge in [0.15, 0.2) is 0 Å². The van der Waals surface area contributed by atoms with Gasteiger partial charge in [-0.05, 0) is 74.1 Å². The van der Waals surface area contributed by atoms with Gasteiger partial charge in [-0.1, -0.05) is 24.3 Å². The third kappa shape index (κ3) is 4.73. The van der Waals surface area contributed by atoms with Crippen molar-refractivity contribution in [2.75, 3.05) is 7.11 Å². The summed E-state index contributed by atoms with van der Waals surface area (Å²) in [6.45, 7) is 3.81. The monoisotopic (exact) mass is 487 g/mol. The first-order valence-electron chi connectivity index (χ1n) is 10.8. The van der Waals surface area contributed by atoms with Gasteiger partial charge in [0.25, 0.3) is 5.91 Å². The van der Waals surface area contributed by atoms with Crippen LogP contribution >= 0.6 is 11.3 Å². The Bertz CT molecular complexity index is 1220. The zero-order valence-corrected chi connectivity index (χ0v) is 19.8. The normalized spacial score (nSPS) is 14.5. The number of hydrogen-bond acceptors (Lipinski definition) is 4. The maximum atomic E-state index is 13.4. The number of esters is 1. The summed E-state index contributed by atoms with van der Waals surface area (Å²) in [5.41, 5.74) is 2.30. The Morgan fingerprint density at radius 2 is 1.62 bits per heavy atom. The van der Waals surface area contributed by atoms with Gasteiger partial charge in [-0.2, -0.15) is 13.2 Å². The van der Waals surface area contributed by atoms with E-state index >= 15 is 0 Å². The molecule has 1 heterocycles. The number of rotatable bonds is 6. The number of aryl methyl sites for hydroxylation is 2. The lowest BCUT2D eigenvalue weighted by molar-refractivity contribution is -0.137. The van der Waals surface area contributed by atoms with Crippen molar-refractivity contribution in [2.45, 2.75) is 44.8 Å². The van der Waals surface area contributed by atoms with Crippen LogP contribution in [0.3, 0.4) is 0 Å². The third-order valence-corrected chi connectivity index (χ3v) is 7.30. The molecular formula is C26H24F3NO3S. The van der Waals surface area contributed by atoms with Crippen molar-refractivity contribution in [2.24, 2.45) is 0 Å². The van der Waals surface area contributed by atoms with E-state index in [2.05, 4.69) is 5.32 Å². The summed E-state index contributed by atoms with van der Waals surface area (Å²) in [6, 6.07) is 12.1. The maximum absolute atomic E-state index is 13.4. The maximum Gasteiger partial charge on any atom is 0.416 e. The number of thiophene rings is 1. The summed E-state index contributed by atoms with van der Waals surface area (Å²) in [7, 11) is 1.33. The van der Waals surface area contributed by atoms with Crippen LogP contribution in [0.2, 0.25) is 0 Å². The molecule has 1 amide bonds. The van der Waals surface area contributed by atoms with Crippen molar-refractivity contribution in [3.05, 3.63) is 91.7 Å². The number of methoxy groups -OCH3 is 1. The molecule has 0 bridgehead atoms. The second-order valence-corrected chi connectivity index (χ2v) is 9.97. The largest absolute Gasteiger partial charge is 0.465 e. The fraction of sp³-hybridized carbons (Fsp3) is 0.308. The minimum atomic E-state index is -4.38. The molecule has 0 unspecified atom stereocenters. The predicted octanol–water partition coefficient (Wildman–Crippen LogP) is 6.18. The van der Waals surface area contributed by atoms with E-state index in [4.69, 9.17) is 4.74 Å². The number of benzene rings is 2. The summed E-state index contributed by atoms with van der Waals surface area (Å²) in [5.74, 6) is -0.615. The lowest BCUT2D eigenvalue weighted by Gasteiger charge is -2.19. The van der Waals surface area contributed by atoms with Crippen LogP contribution < -0.4 is 5.32 Å². The summed E-state index contributed by atoms with van der Waals surface area (Å²) in [4.78, 5) is 26.9. The van der Waals surface area contributed by atoms with Crippen LogP contribution in [-0.4, -0.2) is 19.0 Å².